The van der Waals surface area contributed by atoms with Crippen LogP contribution in [0.5, 0.6) is 0 Å². The maximum absolute atomic E-state index is 5.47. The monoisotopic (exact) mass is 232 g/mol. The number of ether oxygens (including phenoxy) is 1. The van der Waals surface area contributed by atoms with Gasteiger partial charge in [-0.15, -0.1) is 0 Å². The van der Waals surface area contributed by atoms with Gasteiger partial charge in [0.25, 0.3) is 0 Å². The number of benzene rings is 1. The number of aromatic nitrogens is 1. The molecule has 3 nitrogen and oxygen atoms in total. The fourth-order valence-corrected chi connectivity index (χ4v) is 1.98. The SMILES string of the molecule is CCOC(C)CNCc1ccc2[nH]ccc2c1. The summed E-state index contributed by atoms with van der Waals surface area (Å²) in [6.07, 6.45) is 2.25. The zero-order valence-corrected chi connectivity index (χ0v) is 10.5. The summed E-state index contributed by atoms with van der Waals surface area (Å²) in [6.45, 7) is 6.66. The Morgan fingerprint density at radius 2 is 2.24 bits per heavy atom. The van der Waals surface area contributed by atoms with Crippen molar-refractivity contribution in [1.82, 2.24) is 10.3 Å². The van der Waals surface area contributed by atoms with Crippen LogP contribution in [0.1, 0.15) is 19.4 Å². The summed E-state index contributed by atoms with van der Waals surface area (Å²) in [5, 5.41) is 4.67. The first kappa shape index (κ1) is 12.1. The summed E-state index contributed by atoms with van der Waals surface area (Å²) in [7, 11) is 0. The van der Waals surface area contributed by atoms with Gasteiger partial charge >= 0.3 is 0 Å². The van der Waals surface area contributed by atoms with Crippen molar-refractivity contribution < 1.29 is 4.74 Å². The molecule has 0 aliphatic carbocycles. The van der Waals surface area contributed by atoms with Gasteiger partial charge in [-0.3, -0.25) is 0 Å². The van der Waals surface area contributed by atoms with Gasteiger partial charge in [-0.25, -0.2) is 0 Å². The molecule has 0 radical (unpaired) electrons. The fourth-order valence-electron chi connectivity index (χ4n) is 1.98. The Balaban J connectivity index is 1.86. The lowest BCUT2D eigenvalue weighted by Gasteiger charge is -2.12. The second-order valence-electron chi connectivity index (χ2n) is 4.30. The first-order chi connectivity index (χ1) is 8.29. The van der Waals surface area contributed by atoms with Crippen LogP contribution in [-0.4, -0.2) is 24.2 Å². The Hall–Kier alpha value is -1.32. The van der Waals surface area contributed by atoms with Crippen LogP contribution in [0.15, 0.2) is 30.5 Å². The lowest BCUT2D eigenvalue weighted by Crippen LogP contribution is -2.26. The van der Waals surface area contributed by atoms with E-state index in [9.17, 15) is 0 Å². The van der Waals surface area contributed by atoms with E-state index in [0.29, 0.717) is 0 Å². The normalized spacial score (nSPS) is 13.1. The van der Waals surface area contributed by atoms with Gasteiger partial charge in [0.1, 0.15) is 0 Å². The van der Waals surface area contributed by atoms with Gasteiger partial charge in [-0.1, -0.05) is 6.07 Å². The molecular weight excluding hydrogens is 212 g/mol. The number of H-pyrrole nitrogens is 1. The first-order valence-corrected chi connectivity index (χ1v) is 6.18. The van der Waals surface area contributed by atoms with Gasteiger partial charge in [-0.2, -0.15) is 0 Å². The number of hydrogen-bond acceptors (Lipinski definition) is 2. The molecule has 0 aliphatic heterocycles. The highest BCUT2D eigenvalue weighted by Gasteiger charge is 2.01. The smallest absolute Gasteiger partial charge is 0.0671 e. The Morgan fingerprint density at radius 3 is 3.06 bits per heavy atom. The molecule has 0 aliphatic rings. The predicted molar refractivity (Wildman–Crippen MR) is 71.1 cm³/mol. The molecule has 17 heavy (non-hydrogen) atoms. The number of rotatable bonds is 6. The highest BCUT2D eigenvalue weighted by molar-refractivity contribution is 5.79. The van der Waals surface area contributed by atoms with Crippen molar-refractivity contribution in [3.05, 3.63) is 36.0 Å². The van der Waals surface area contributed by atoms with Gasteiger partial charge in [-0.05, 0) is 43.0 Å². The van der Waals surface area contributed by atoms with Crippen LogP contribution in [0, 0.1) is 0 Å². The van der Waals surface area contributed by atoms with Crippen LogP contribution in [0.25, 0.3) is 10.9 Å². The molecule has 0 saturated heterocycles. The van der Waals surface area contributed by atoms with Gasteiger partial charge in [0.2, 0.25) is 0 Å². The summed E-state index contributed by atoms with van der Waals surface area (Å²) in [4.78, 5) is 3.20. The van der Waals surface area contributed by atoms with Crippen LogP contribution >= 0.6 is 0 Å². The molecule has 0 saturated carbocycles. The maximum atomic E-state index is 5.47. The molecule has 2 rings (SSSR count). The average molecular weight is 232 g/mol. The molecule has 1 aromatic carbocycles. The minimum Gasteiger partial charge on any atom is -0.377 e. The molecule has 3 heteroatoms. The standard InChI is InChI=1S/C14H20N2O/c1-3-17-11(2)9-15-10-12-4-5-14-13(8-12)6-7-16-14/h4-8,11,15-16H,3,9-10H2,1-2H3. The lowest BCUT2D eigenvalue weighted by molar-refractivity contribution is 0.0759. The summed E-state index contributed by atoms with van der Waals surface area (Å²) >= 11 is 0. The van der Waals surface area contributed by atoms with Gasteiger partial charge in [0.15, 0.2) is 0 Å². The van der Waals surface area contributed by atoms with Crippen LogP contribution in [0.2, 0.25) is 0 Å². The molecule has 1 aromatic heterocycles. The van der Waals surface area contributed by atoms with Gasteiger partial charge < -0.3 is 15.0 Å². The first-order valence-electron chi connectivity index (χ1n) is 6.18. The van der Waals surface area contributed by atoms with Crippen LogP contribution in [-0.2, 0) is 11.3 Å². The molecule has 0 fully saturated rings. The van der Waals surface area contributed by atoms with E-state index >= 15 is 0 Å². The van der Waals surface area contributed by atoms with E-state index in [-0.39, 0.29) is 6.10 Å². The highest BCUT2D eigenvalue weighted by atomic mass is 16.5. The van der Waals surface area contributed by atoms with Crippen molar-refractivity contribution in [2.75, 3.05) is 13.2 Å². The molecule has 2 N–H and O–H groups in total. The molecular formula is C14H20N2O. The Bertz CT molecular complexity index is 464. The summed E-state index contributed by atoms with van der Waals surface area (Å²) in [5.74, 6) is 0. The third kappa shape index (κ3) is 3.32. The summed E-state index contributed by atoms with van der Waals surface area (Å²) in [5.41, 5.74) is 2.50. The van der Waals surface area contributed by atoms with E-state index in [1.54, 1.807) is 0 Å². The van der Waals surface area contributed by atoms with E-state index in [4.69, 9.17) is 4.74 Å². The topological polar surface area (TPSA) is 37.0 Å². The average Bonchev–Trinajstić information content (AvgIpc) is 2.76. The van der Waals surface area contributed by atoms with Crippen molar-refractivity contribution in [1.29, 1.82) is 0 Å². The molecule has 92 valence electrons. The maximum Gasteiger partial charge on any atom is 0.0671 e. The number of aromatic amines is 1. The molecule has 1 unspecified atom stereocenters. The lowest BCUT2D eigenvalue weighted by atomic mass is 10.1. The van der Waals surface area contributed by atoms with Crippen molar-refractivity contribution >= 4 is 10.9 Å². The summed E-state index contributed by atoms with van der Waals surface area (Å²) < 4.78 is 5.47. The van der Waals surface area contributed by atoms with E-state index in [0.717, 1.165) is 19.7 Å². The molecule has 0 bridgehead atoms. The molecule has 1 heterocycles. The van der Waals surface area contributed by atoms with Crippen molar-refractivity contribution in [3.8, 4) is 0 Å². The second-order valence-corrected chi connectivity index (χ2v) is 4.30. The molecule has 0 amide bonds. The van der Waals surface area contributed by atoms with Gasteiger partial charge in [0, 0.05) is 31.4 Å². The highest BCUT2D eigenvalue weighted by Crippen LogP contribution is 2.13. The zero-order valence-electron chi connectivity index (χ0n) is 10.5. The quantitative estimate of drug-likeness (QED) is 0.803. The Labute approximate surface area is 102 Å². The second kappa shape index (κ2) is 5.84. The van der Waals surface area contributed by atoms with Crippen LogP contribution in [0.3, 0.4) is 0 Å². The van der Waals surface area contributed by atoms with Crippen molar-refractivity contribution in [2.45, 2.75) is 26.5 Å². The van der Waals surface area contributed by atoms with E-state index < -0.39 is 0 Å². The van der Waals surface area contributed by atoms with E-state index in [1.807, 2.05) is 13.1 Å². The van der Waals surface area contributed by atoms with Crippen LogP contribution in [0.4, 0.5) is 0 Å². The van der Waals surface area contributed by atoms with Crippen LogP contribution < -0.4 is 5.32 Å². The Morgan fingerprint density at radius 1 is 1.35 bits per heavy atom. The Kier molecular flexibility index (Phi) is 4.18. The minimum atomic E-state index is 0.274. The molecule has 1 atom stereocenters. The zero-order chi connectivity index (χ0) is 12.1. The molecule has 2 aromatic rings. The van der Waals surface area contributed by atoms with Crippen molar-refractivity contribution in [3.63, 3.8) is 0 Å². The number of nitrogens with one attached hydrogen (secondary N) is 2. The van der Waals surface area contributed by atoms with E-state index in [1.165, 1.54) is 16.5 Å². The predicted octanol–water partition coefficient (Wildman–Crippen LogP) is 2.68. The van der Waals surface area contributed by atoms with E-state index in [2.05, 4.69) is 41.5 Å². The minimum absolute atomic E-state index is 0.274. The summed E-state index contributed by atoms with van der Waals surface area (Å²) in [6, 6.07) is 8.58. The fraction of sp³-hybridized carbons (Fsp3) is 0.429. The molecule has 0 spiro atoms. The third-order valence-corrected chi connectivity index (χ3v) is 2.83. The largest absolute Gasteiger partial charge is 0.377 e. The van der Waals surface area contributed by atoms with Crippen molar-refractivity contribution in [2.24, 2.45) is 0 Å². The number of fused-ring (bicyclic) bond motifs is 1. The number of hydrogen-bond donors (Lipinski definition) is 2. The third-order valence-electron chi connectivity index (χ3n) is 2.83. The van der Waals surface area contributed by atoms with Gasteiger partial charge in [0.05, 0.1) is 6.10 Å².